The summed E-state index contributed by atoms with van der Waals surface area (Å²) in [7, 11) is 0. The Bertz CT molecular complexity index is 336. The van der Waals surface area contributed by atoms with E-state index in [1.165, 1.54) is 4.90 Å². The first kappa shape index (κ1) is 10.5. The molecule has 1 aliphatic rings. The van der Waals surface area contributed by atoms with Crippen molar-refractivity contribution in [1.29, 1.82) is 0 Å². The quantitative estimate of drug-likeness (QED) is 0.484. The van der Waals surface area contributed by atoms with E-state index in [1.807, 2.05) is 0 Å². The molecule has 0 N–H and O–H groups in total. The van der Waals surface area contributed by atoms with E-state index in [1.54, 1.807) is 20.8 Å². The van der Waals surface area contributed by atoms with E-state index in [0.717, 1.165) is 0 Å². The van der Waals surface area contributed by atoms with Gasteiger partial charge in [0.25, 0.3) is 11.8 Å². The van der Waals surface area contributed by atoms with Crippen LogP contribution in [-0.4, -0.2) is 22.8 Å². The second-order valence-electron chi connectivity index (χ2n) is 3.49. The van der Waals surface area contributed by atoms with Gasteiger partial charge in [-0.3, -0.25) is 14.5 Å². The molecule has 0 spiro atoms. The fraction of sp³-hybridized carbons (Fsp3) is 0.455. The summed E-state index contributed by atoms with van der Waals surface area (Å²) in [5.74, 6) is 2.03. The Kier molecular flexibility index (Phi) is 2.76. The number of hydrogen-bond acceptors (Lipinski definition) is 2. The van der Waals surface area contributed by atoms with E-state index >= 15 is 0 Å². The summed E-state index contributed by atoms with van der Waals surface area (Å²) in [6.45, 7) is 5.11. The van der Waals surface area contributed by atoms with Gasteiger partial charge in [0.2, 0.25) is 0 Å². The lowest BCUT2D eigenvalue weighted by Gasteiger charge is -2.21. The highest BCUT2D eigenvalue weighted by atomic mass is 16.2. The maximum atomic E-state index is 11.6. The molecular formula is C11H13NO2. The first-order chi connectivity index (χ1) is 6.50. The standard InChI is InChI=1S/C11H13NO2/c1-5-6-7(2)12-10(13)8(3)9(4)11(12)14/h1,7H,6H2,2-4H3. The van der Waals surface area contributed by atoms with Crippen molar-refractivity contribution in [3.05, 3.63) is 11.1 Å². The minimum atomic E-state index is -0.215. The molecule has 0 aromatic rings. The third kappa shape index (κ3) is 1.44. The molecule has 0 aromatic carbocycles. The second kappa shape index (κ2) is 3.67. The van der Waals surface area contributed by atoms with Crippen LogP contribution < -0.4 is 0 Å². The number of amides is 2. The van der Waals surface area contributed by atoms with Crippen molar-refractivity contribution < 1.29 is 9.59 Å². The van der Waals surface area contributed by atoms with E-state index in [-0.39, 0.29) is 17.9 Å². The zero-order valence-corrected chi connectivity index (χ0v) is 8.63. The molecule has 0 saturated carbocycles. The molecule has 1 heterocycles. The molecule has 0 aromatic heterocycles. The maximum Gasteiger partial charge on any atom is 0.257 e. The van der Waals surface area contributed by atoms with Gasteiger partial charge in [0.15, 0.2) is 0 Å². The van der Waals surface area contributed by atoms with Crippen molar-refractivity contribution in [2.24, 2.45) is 0 Å². The van der Waals surface area contributed by atoms with Gasteiger partial charge in [0.1, 0.15) is 0 Å². The monoisotopic (exact) mass is 191 g/mol. The molecule has 1 atom stereocenters. The molecule has 0 saturated heterocycles. The van der Waals surface area contributed by atoms with Gasteiger partial charge in [-0.25, -0.2) is 0 Å². The fourth-order valence-corrected chi connectivity index (χ4v) is 1.44. The van der Waals surface area contributed by atoms with Crippen LogP contribution in [0.15, 0.2) is 11.1 Å². The molecule has 0 fully saturated rings. The Morgan fingerprint density at radius 1 is 1.29 bits per heavy atom. The van der Waals surface area contributed by atoms with Crippen LogP contribution in [0, 0.1) is 12.3 Å². The first-order valence-electron chi connectivity index (χ1n) is 4.49. The van der Waals surface area contributed by atoms with E-state index in [4.69, 9.17) is 6.42 Å². The van der Waals surface area contributed by atoms with Crippen molar-refractivity contribution >= 4 is 11.8 Å². The molecule has 14 heavy (non-hydrogen) atoms. The Morgan fingerprint density at radius 2 is 1.71 bits per heavy atom. The molecule has 3 heteroatoms. The molecule has 0 bridgehead atoms. The number of nitrogens with zero attached hydrogens (tertiary/aromatic N) is 1. The van der Waals surface area contributed by atoms with Crippen LogP contribution in [0.3, 0.4) is 0 Å². The number of carbonyl (C=O) groups is 2. The molecule has 3 nitrogen and oxygen atoms in total. The summed E-state index contributed by atoms with van der Waals surface area (Å²) >= 11 is 0. The van der Waals surface area contributed by atoms with Gasteiger partial charge in [-0.2, -0.15) is 0 Å². The molecule has 0 aliphatic carbocycles. The van der Waals surface area contributed by atoms with Crippen LogP contribution in [0.1, 0.15) is 27.2 Å². The number of rotatable bonds is 2. The van der Waals surface area contributed by atoms with Crippen molar-refractivity contribution in [3.8, 4) is 12.3 Å². The minimum absolute atomic E-state index is 0.213. The molecule has 2 amide bonds. The lowest BCUT2D eigenvalue weighted by atomic mass is 10.2. The highest BCUT2D eigenvalue weighted by Gasteiger charge is 2.35. The summed E-state index contributed by atoms with van der Waals surface area (Å²) < 4.78 is 0. The number of carbonyl (C=O) groups excluding carboxylic acids is 2. The zero-order valence-electron chi connectivity index (χ0n) is 8.63. The van der Waals surface area contributed by atoms with E-state index < -0.39 is 0 Å². The molecule has 0 radical (unpaired) electrons. The van der Waals surface area contributed by atoms with E-state index in [9.17, 15) is 9.59 Å². The molecule has 1 unspecified atom stereocenters. The van der Waals surface area contributed by atoms with E-state index in [0.29, 0.717) is 17.6 Å². The van der Waals surface area contributed by atoms with Crippen molar-refractivity contribution in [2.75, 3.05) is 0 Å². The zero-order chi connectivity index (χ0) is 10.9. The fourth-order valence-electron chi connectivity index (χ4n) is 1.44. The van der Waals surface area contributed by atoms with Gasteiger partial charge in [0, 0.05) is 23.6 Å². The van der Waals surface area contributed by atoms with Crippen LogP contribution in [0.5, 0.6) is 0 Å². The topological polar surface area (TPSA) is 37.4 Å². The van der Waals surface area contributed by atoms with Crippen molar-refractivity contribution in [3.63, 3.8) is 0 Å². The Morgan fingerprint density at radius 3 is 2.07 bits per heavy atom. The van der Waals surface area contributed by atoms with Crippen LogP contribution >= 0.6 is 0 Å². The van der Waals surface area contributed by atoms with Gasteiger partial charge in [-0.1, -0.05) is 0 Å². The third-order valence-electron chi connectivity index (χ3n) is 2.50. The molecule has 74 valence electrons. The van der Waals surface area contributed by atoms with Crippen LogP contribution in [-0.2, 0) is 9.59 Å². The van der Waals surface area contributed by atoms with Crippen LogP contribution in [0.25, 0.3) is 0 Å². The van der Waals surface area contributed by atoms with Gasteiger partial charge in [0.05, 0.1) is 0 Å². The average Bonchev–Trinajstić information content (AvgIpc) is 2.32. The predicted molar refractivity (Wildman–Crippen MR) is 53.1 cm³/mol. The summed E-state index contributed by atoms with van der Waals surface area (Å²) in [5.41, 5.74) is 1.05. The smallest absolute Gasteiger partial charge is 0.257 e. The number of terminal acetylenes is 1. The summed E-state index contributed by atoms with van der Waals surface area (Å²) in [6, 6.07) is -0.215. The normalized spacial score (nSPS) is 18.9. The van der Waals surface area contributed by atoms with Crippen molar-refractivity contribution in [2.45, 2.75) is 33.2 Å². The number of hydrogen-bond donors (Lipinski definition) is 0. The largest absolute Gasteiger partial charge is 0.271 e. The maximum absolute atomic E-state index is 11.6. The molecule has 1 rings (SSSR count). The Labute approximate surface area is 83.8 Å². The highest BCUT2D eigenvalue weighted by molar-refractivity contribution is 6.18. The lowest BCUT2D eigenvalue weighted by Crippen LogP contribution is -2.39. The highest BCUT2D eigenvalue weighted by Crippen LogP contribution is 2.22. The van der Waals surface area contributed by atoms with Gasteiger partial charge in [-0.05, 0) is 20.8 Å². The van der Waals surface area contributed by atoms with E-state index in [2.05, 4.69) is 5.92 Å². The lowest BCUT2D eigenvalue weighted by molar-refractivity contribution is -0.139. The minimum Gasteiger partial charge on any atom is -0.271 e. The van der Waals surface area contributed by atoms with Crippen LogP contribution in [0.2, 0.25) is 0 Å². The molecular weight excluding hydrogens is 178 g/mol. The summed E-state index contributed by atoms with van der Waals surface area (Å²) in [6.07, 6.45) is 5.55. The number of imide groups is 1. The van der Waals surface area contributed by atoms with Gasteiger partial charge < -0.3 is 0 Å². The Balaban J connectivity index is 2.93. The Hall–Kier alpha value is -1.56. The van der Waals surface area contributed by atoms with Crippen LogP contribution in [0.4, 0.5) is 0 Å². The molecule has 1 aliphatic heterocycles. The SMILES string of the molecule is C#CCC(C)N1C(=O)C(C)=C(C)C1=O. The average molecular weight is 191 g/mol. The summed E-state index contributed by atoms with van der Waals surface area (Å²) in [4.78, 5) is 24.5. The summed E-state index contributed by atoms with van der Waals surface area (Å²) in [5, 5.41) is 0. The van der Waals surface area contributed by atoms with Crippen molar-refractivity contribution in [1.82, 2.24) is 4.90 Å². The second-order valence-corrected chi connectivity index (χ2v) is 3.49. The van der Waals surface area contributed by atoms with Gasteiger partial charge >= 0.3 is 0 Å². The predicted octanol–water partition coefficient (Wildman–Crippen LogP) is 1.10. The third-order valence-corrected chi connectivity index (χ3v) is 2.50. The van der Waals surface area contributed by atoms with Gasteiger partial charge in [-0.15, -0.1) is 12.3 Å². The first-order valence-corrected chi connectivity index (χ1v) is 4.49.